The molecule has 6 nitrogen and oxygen atoms in total. The van der Waals surface area contributed by atoms with Gasteiger partial charge in [0.05, 0.1) is 12.0 Å². The number of hydrogen-bond acceptors (Lipinski definition) is 4. The third-order valence-corrected chi connectivity index (χ3v) is 4.79. The first-order valence-electron chi connectivity index (χ1n) is 8.85. The minimum Gasteiger partial charge on any atom is -0.336 e. The third-order valence-electron chi connectivity index (χ3n) is 4.52. The summed E-state index contributed by atoms with van der Waals surface area (Å²) < 4.78 is 2.08. The van der Waals surface area contributed by atoms with Crippen molar-refractivity contribution in [1.29, 1.82) is 0 Å². The Kier molecular flexibility index (Phi) is 4.98. The van der Waals surface area contributed by atoms with Gasteiger partial charge < -0.3 is 4.57 Å². The van der Waals surface area contributed by atoms with Crippen LogP contribution in [0.25, 0.3) is 22.6 Å². The van der Waals surface area contributed by atoms with Crippen LogP contribution in [0.2, 0.25) is 5.15 Å². The topological polar surface area (TPSA) is 72.3 Å². The molecule has 0 aliphatic rings. The van der Waals surface area contributed by atoms with Gasteiger partial charge in [0.2, 0.25) is 0 Å². The quantitative estimate of drug-likeness (QED) is 0.546. The molecule has 4 aromatic rings. The van der Waals surface area contributed by atoms with Crippen LogP contribution in [0.5, 0.6) is 0 Å². The maximum absolute atomic E-state index is 6.05. The van der Waals surface area contributed by atoms with Crippen molar-refractivity contribution in [1.82, 2.24) is 29.9 Å². The van der Waals surface area contributed by atoms with Gasteiger partial charge in [0.1, 0.15) is 11.4 Å². The Bertz CT molecular complexity index is 1030. The van der Waals surface area contributed by atoms with E-state index in [2.05, 4.69) is 61.1 Å². The van der Waals surface area contributed by atoms with E-state index in [0.29, 0.717) is 10.8 Å². The fourth-order valence-electron chi connectivity index (χ4n) is 2.93. The minimum absolute atomic E-state index is 0.340. The van der Waals surface area contributed by atoms with Gasteiger partial charge in [0.25, 0.3) is 0 Å². The summed E-state index contributed by atoms with van der Waals surface area (Å²) in [5.41, 5.74) is 5.74. The van der Waals surface area contributed by atoms with Gasteiger partial charge in [-0.3, -0.25) is 4.98 Å². The molecule has 0 amide bonds. The number of halogens is 1. The number of pyridine rings is 1. The maximum atomic E-state index is 6.05. The molecule has 0 atom stereocenters. The molecule has 0 saturated heterocycles. The summed E-state index contributed by atoms with van der Waals surface area (Å²) in [6.45, 7) is 3.04. The summed E-state index contributed by atoms with van der Waals surface area (Å²) in [4.78, 5) is 8.92. The third kappa shape index (κ3) is 3.90. The highest BCUT2D eigenvalue weighted by Crippen LogP contribution is 2.26. The van der Waals surface area contributed by atoms with E-state index in [1.54, 1.807) is 6.20 Å². The molecule has 7 heteroatoms. The number of H-pyrrole nitrogens is 1. The largest absolute Gasteiger partial charge is 0.336 e. The van der Waals surface area contributed by atoms with Gasteiger partial charge in [-0.05, 0) is 36.1 Å². The van der Waals surface area contributed by atoms with Gasteiger partial charge in [-0.1, -0.05) is 42.8 Å². The predicted octanol–water partition coefficient (Wildman–Crippen LogP) is 4.19. The number of rotatable bonds is 6. The molecule has 3 heterocycles. The molecule has 27 heavy (non-hydrogen) atoms. The molecule has 0 spiro atoms. The predicted molar refractivity (Wildman–Crippen MR) is 105 cm³/mol. The summed E-state index contributed by atoms with van der Waals surface area (Å²) in [6, 6.07) is 12.6. The van der Waals surface area contributed by atoms with Crippen molar-refractivity contribution in [3.8, 4) is 22.6 Å². The summed E-state index contributed by atoms with van der Waals surface area (Å²) in [5, 5.41) is 10.8. The number of nitrogens with zero attached hydrogens (tertiary/aromatic N) is 5. The van der Waals surface area contributed by atoms with Crippen molar-refractivity contribution in [3.05, 3.63) is 71.4 Å². The Morgan fingerprint density at radius 3 is 2.56 bits per heavy atom. The van der Waals surface area contributed by atoms with Crippen LogP contribution in [0.15, 0.2) is 55.1 Å². The summed E-state index contributed by atoms with van der Waals surface area (Å²) in [5.74, 6) is 0. The van der Waals surface area contributed by atoms with Crippen LogP contribution in [0.3, 0.4) is 0 Å². The van der Waals surface area contributed by atoms with E-state index in [1.165, 1.54) is 11.1 Å². The number of aryl methyl sites for hydroxylation is 3. The van der Waals surface area contributed by atoms with Crippen molar-refractivity contribution in [3.63, 3.8) is 0 Å². The highest BCUT2D eigenvalue weighted by Gasteiger charge is 2.11. The number of hydrogen-bond donors (Lipinski definition) is 1. The monoisotopic (exact) mass is 378 g/mol. The Morgan fingerprint density at radius 2 is 1.81 bits per heavy atom. The second kappa shape index (κ2) is 7.72. The van der Waals surface area contributed by atoms with Crippen LogP contribution in [0, 0.1) is 0 Å². The van der Waals surface area contributed by atoms with Crippen molar-refractivity contribution in [2.24, 2.45) is 0 Å². The fourth-order valence-corrected chi connectivity index (χ4v) is 3.12. The molecule has 3 aromatic heterocycles. The Hall–Kier alpha value is -2.99. The van der Waals surface area contributed by atoms with Gasteiger partial charge in [0.15, 0.2) is 5.15 Å². The second-order valence-electron chi connectivity index (χ2n) is 6.31. The van der Waals surface area contributed by atoms with Gasteiger partial charge in [0, 0.05) is 24.5 Å². The van der Waals surface area contributed by atoms with Crippen molar-refractivity contribution in [2.45, 2.75) is 26.3 Å². The lowest BCUT2D eigenvalue weighted by atomic mass is 10.1. The zero-order chi connectivity index (χ0) is 18.6. The van der Waals surface area contributed by atoms with Crippen LogP contribution < -0.4 is 0 Å². The molecule has 0 fully saturated rings. The number of benzene rings is 1. The van der Waals surface area contributed by atoms with Gasteiger partial charge in [-0.2, -0.15) is 10.3 Å². The van der Waals surface area contributed by atoms with Crippen LogP contribution in [-0.4, -0.2) is 29.9 Å². The summed E-state index contributed by atoms with van der Waals surface area (Å²) >= 11 is 6.05. The molecular formula is C20H19ClN6. The van der Waals surface area contributed by atoms with Gasteiger partial charge in [-0.25, -0.2) is 4.98 Å². The standard InChI is InChI=1S/C20H19ClN6/c1-2-14-3-5-15(6-4-14)8-10-27-12-18(23-13-27)17-11-16(7-9-22-17)19-20(21)25-26-24-19/h3-7,9,11-13H,2,8,10H2,1H3,(H,24,25,26). The van der Waals surface area contributed by atoms with E-state index in [1.807, 2.05) is 24.7 Å². The maximum Gasteiger partial charge on any atom is 0.179 e. The van der Waals surface area contributed by atoms with Crippen molar-refractivity contribution >= 4 is 11.6 Å². The van der Waals surface area contributed by atoms with Crippen LogP contribution in [0.4, 0.5) is 0 Å². The fraction of sp³-hybridized carbons (Fsp3) is 0.200. The highest BCUT2D eigenvalue weighted by atomic mass is 35.5. The molecule has 0 aliphatic heterocycles. The van der Waals surface area contributed by atoms with Crippen LogP contribution in [0.1, 0.15) is 18.1 Å². The van der Waals surface area contributed by atoms with E-state index in [-0.39, 0.29) is 0 Å². The molecule has 1 aromatic carbocycles. The average molecular weight is 379 g/mol. The SMILES string of the molecule is CCc1ccc(CCn2cnc(-c3cc(-c4n[nH]nc4Cl)ccn3)c2)cc1. The van der Waals surface area contributed by atoms with Crippen LogP contribution >= 0.6 is 11.6 Å². The van der Waals surface area contributed by atoms with E-state index >= 15 is 0 Å². The average Bonchev–Trinajstić information content (AvgIpc) is 3.36. The van der Waals surface area contributed by atoms with E-state index in [9.17, 15) is 0 Å². The molecule has 0 radical (unpaired) electrons. The van der Waals surface area contributed by atoms with Gasteiger partial charge >= 0.3 is 0 Å². The molecule has 1 N–H and O–H groups in total. The molecule has 0 saturated carbocycles. The Labute approximate surface area is 162 Å². The first-order valence-corrected chi connectivity index (χ1v) is 9.23. The lowest BCUT2D eigenvalue weighted by Gasteiger charge is -2.04. The van der Waals surface area contributed by atoms with E-state index in [0.717, 1.165) is 36.3 Å². The second-order valence-corrected chi connectivity index (χ2v) is 6.67. The molecule has 136 valence electrons. The summed E-state index contributed by atoms with van der Waals surface area (Å²) in [7, 11) is 0. The molecule has 0 aliphatic carbocycles. The smallest absolute Gasteiger partial charge is 0.179 e. The number of aromatic amines is 1. The van der Waals surface area contributed by atoms with Crippen molar-refractivity contribution in [2.75, 3.05) is 0 Å². The molecular weight excluding hydrogens is 360 g/mol. The highest BCUT2D eigenvalue weighted by molar-refractivity contribution is 6.31. The molecule has 4 rings (SSSR count). The van der Waals surface area contributed by atoms with Crippen molar-refractivity contribution < 1.29 is 0 Å². The molecule has 0 bridgehead atoms. The first kappa shape index (κ1) is 17.4. The number of nitrogens with one attached hydrogen (secondary N) is 1. The van der Waals surface area contributed by atoms with Gasteiger partial charge in [-0.15, -0.1) is 5.10 Å². The zero-order valence-corrected chi connectivity index (χ0v) is 15.7. The lowest BCUT2D eigenvalue weighted by molar-refractivity contribution is 0.695. The number of aromatic nitrogens is 6. The normalized spacial score (nSPS) is 11.0. The first-order chi connectivity index (χ1) is 13.2. The molecule has 0 unspecified atom stereocenters. The zero-order valence-electron chi connectivity index (χ0n) is 14.9. The minimum atomic E-state index is 0.340. The Morgan fingerprint density at radius 1 is 1.00 bits per heavy atom. The van der Waals surface area contributed by atoms with E-state index in [4.69, 9.17) is 11.6 Å². The van der Waals surface area contributed by atoms with E-state index < -0.39 is 0 Å². The summed E-state index contributed by atoms with van der Waals surface area (Å²) in [6.07, 6.45) is 7.60. The Balaban J connectivity index is 1.48. The number of imidazole rings is 1. The van der Waals surface area contributed by atoms with Crippen LogP contribution in [-0.2, 0) is 19.4 Å². The lowest BCUT2D eigenvalue weighted by Crippen LogP contribution is -1.98.